The smallest absolute Gasteiger partial charge is 0.216 e. The van der Waals surface area contributed by atoms with Gasteiger partial charge >= 0.3 is 0 Å². The molecule has 0 amide bonds. The van der Waals surface area contributed by atoms with Crippen LogP contribution < -0.4 is 0 Å². The van der Waals surface area contributed by atoms with Gasteiger partial charge in [0.2, 0.25) is 10.0 Å². The van der Waals surface area contributed by atoms with Crippen molar-refractivity contribution in [2.45, 2.75) is 26.4 Å². The average Bonchev–Trinajstić information content (AvgIpc) is 2.28. The van der Waals surface area contributed by atoms with Gasteiger partial charge in [-0.2, -0.15) is 9.57 Å². The molecule has 0 atom stereocenters. The maximum Gasteiger partial charge on any atom is 0.216 e. The standard InChI is InChI=1S/C11H22N2O4S/c1-11(2)17-9-10-18(14,15)13(6-4-5-12)7-8-16-3/h11H,4,6-10H2,1-3H3. The van der Waals surface area contributed by atoms with Crippen molar-refractivity contribution in [2.24, 2.45) is 0 Å². The number of ether oxygens (including phenoxy) is 2. The predicted molar refractivity (Wildman–Crippen MR) is 68.6 cm³/mol. The molecule has 0 aliphatic carbocycles. The summed E-state index contributed by atoms with van der Waals surface area (Å²) in [4.78, 5) is 0. The lowest BCUT2D eigenvalue weighted by atomic mass is 10.4. The maximum atomic E-state index is 12.0. The molecule has 0 spiro atoms. The van der Waals surface area contributed by atoms with E-state index in [9.17, 15) is 8.42 Å². The van der Waals surface area contributed by atoms with Crippen molar-refractivity contribution in [1.82, 2.24) is 4.31 Å². The first-order chi connectivity index (χ1) is 8.44. The van der Waals surface area contributed by atoms with E-state index in [1.165, 1.54) is 11.4 Å². The van der Waals surface area contributed by atoms with Crippen LogP contribution in [-0.2, 0) is 19.5 Å². The zero-order chi connectivity index (χ0) is 14.0. The lowest BCUT2D eigenvalue weighted by molar-refractivity contribution is 0.0905. The van der Waals surface area contributed by atoms with Gasteiger partial charge in [-0.15, -0.1) is 0 Å². The van der Waals surface area contributed by atoms with E-state index in [0.29, 0.717) is 6.61 Å². The lowest BCUT2D eigenvalue weighted by Gasteiger charge is -2.21. The van der Waals surface area contributed by atoms with E-state index in [-0.39, 0.29) is 38.0 Å². The molecule has 0 aromatic rings. The summed E-state index contributed by atoms with van der Waals surface area (Å²) in [7, 11) is -1.87. The molecular formula is C11H22N2O4S. The topological polar surface area (TPSA) is 79.6 Å². The summed E-state index contributed by atoms with van der Waals surface area (Å²) in [6, 6.07) is 1.94. The van der Waals surface area contributed by atoms with Gasteiger partial charge < -0.3 is 9.47 Å². The molecule has 18 heavy (non-hydrogen) atoms. The normalized spacial score (nSPS) is 12.0. The molecule has 0 radical (unpaired) electrons. The Labute approximate surface area is 110 Å². The quantitative estimate of drug-likeness (QED) is 0.585. The van der Waals surface area contributed by atoms with Crippen molar-refractivity contribution in [2.75, 3.05) is 39.2 Å². The second-order valence-corrected chi connectivity index (χ2v) is 6.12. The molecule has 106 valence electrons. The van der Waals surface area contributed by atoms with Crippen LogP contribution in [0, 0.1) is 11.3 Å². The minimum atomic E-state index is -3.39. The minimum Gasteiger partial charge on any atom is -0.383 e. The van der Waals surface area contributed by atoms with Gasteiger partial charge in [-0.05, 0) is 13.8 Å². The number of methoxy groups -OCH3 is 1. The van der Waals surface area contributed by atoms with Crippen molar-refractivity contribution in [3.8, 4) is 6.07 Å². The molecule has 0 saturated carbocycles. The summed E-state index contributed by atoms with van der Waals surface area (Å²) in [6.07, 6.45) is 0.181. The van der Waals surface area contributed by atoms with Crippen LogP contribution in [0.15, 0.2) is 0 Å². The van der Waals surface area contributed by atoms with E-state index in [1.807, 2.05) is 19.9 Å². The average molecular weight is 278 g/mol. The molecule has 0 bridgehead atoms. The Morgan fingerprint density at radius 3 is 2.44 bits per heavy atom. The molecule has 0 heterocycles. The molecule has 0 rings (SSSR count). The summed E-state index contributed by atoms with van der Waals surface area (Å²) < 4.78 is 35.4. The van der Waals surface area contributed by atoms with Gasteiger partial charge in [0, 0.05) is 26.6 Å². The fourth-order valence-electron chi connectivity index (χ4n) is 1.28. The summed E-state index contributed by atoms with van der Waals surface area (Å²) >= 11 is 0. The first-order valence-corrected chi connectivity index (χ1v) is 7.50. The van der Waals surface area contributed by atoms with Crippen LogP contribution in [-0.4, -0.2) is 58.0 Å². The SMILES string of the molecule is COCCN(CCC#N)S(=O)(=O)CCOC(C)C. The maximum absolute atomic E-state index is 12.0. The Morgan fingerprint density at radius 1 is 1.28 bits per heavy atom. The number of rotatable bonds is 10. The third-order valence-corrected chi connectivity index (χ3v) is 4.04. The van der Waals surface area contributed by atoms with Gasteiger partial charge in [0.05, 0.1) is 31.1 Å². The Hall–Kier alpha value is -0.680. The number of hydrogen-bond donors (Lipinski definition) is 0. The van der Waals surface area contributed by atoms with Gasteiger partial charge in [0.1, 0.15) is 0 Å². The molecule has 0 fully saturated rings. The summed E-state index contributed by atoms with van der Waals surface area (Å²) in [6.45, 7) is 4.65. The Kier molecular flexibility index (Phi) is 8.93. The Bertz CT molecular complexity index is 349. The third kappa shape index (κ3) is 7.61. The van der Waals surface area contributed by atoms with E-state index in [0.717, 1.165) is 0 Å². The van der Waals surface area contributed by atoms with Gasteiger partial charge in [-0.1, -0.05) is 0 Å². The van der Waals surface area contributed by atoms with E-state index >= 15 is 0 Å². The highest BCUT2D eigenvalue weighted by molar-refractivity contribution is 7.89. The van der Waals surface area contributed by atoms with E-state index in [1.54, 1.807) is 0 Å². The zero-order valence-electron chi connectivity index (χ0n) is 11.3. The summed E-state index contributed by atoms with van der Waals surface area (Å²) in [5, 5.41) is 8.53. The first kappa shape index (κ1) is 17.3. The van der Waals surface area contributed by atoms with Crippen molar-refractivity contribution < 1.29 is 17.9 Å². The third-order valence-electron chi connectivity index (χ3n) is 2.20. The molecule has 0 unspecified atom stereocenters. The summed E-state index contributed by atoms with van der Waals surface area (Å²) in [5.41, 5.74) is 0. The van der Waals surface area contributed by atoms with Crippen LogP contribution in [0.3, 0.4) is 0 Å². The number of nitriles is 1. The van der Waals surface area contributed by atoms with E-state index in [2.05, 4.69) is 0 Å². The van der Waals surface area contributed by atoms with E-state index < -0.39 is 10.0 Å². The van der Waals surface area contributed by atoms with Gasteiger partial charge in [0.25, 0.3) is 0 Å². The van der Waals surface area contributed by atoms with Crippen molar-refractivity contribution >= 4 is 10.0 Å². The van der Waals surface area contributed by atoms with Gasteiger partial charge in [0.15, 0.2) is 0 Å². The van der Waals surface area contributed by atoms with Crippen molar-refractivity contribution in [3.63, 3.8) is 0 Å². The van der Waals surface area contributed by atoms with Gasteiger partial charge in [-0.3, -0.25) is 0 Å². The highest BCUT2D eigenvalue weighted by Crippen LogP contribution is 2.04. The molecule has 0 aliphatic rings. The van der Waals surface area contributed by atoms with Crippen LogP contribution in [0.1, 0.15) is 20.3 Å². The fraction of sp³-hybridized carbons (Fsp3) is 0.909. The van der Waals surface area contributed by atoms with Gasteiger partial charge in [-0.25, -0.2) is 8.42 Å². The van der Waals surface area contributed by atoms with Crippen LogP contribution in [0.5, 0.6) is 0 Å². The second kappa shape index (κ2) is 9.28. The summed E-state index contributed by atoms with van der Waals surface area (Å²) in [5.74, 6) is -0.0691. The molecule has 7 heteroatoms. The number of nitrogens with zero attached hydrogens (tertiary/aromatic N) is 2. The molecule has 0 aliphatic heterocycles. The van der Waals surface area contributed by atoms with Crippen molar-refractivity contribution in [1.29, 1.82) is 5.26 Å². The number of hydrogen-bond acceptors (Lipinski definition) is 5. The molecule has 0 aromatic carbocycles. The lowest BCUT2D eigenvalue weighted by Crippen LogP contribution is -2.37. The molecule has 0 aromatic heterocycles. The largest absolute Gasteiger partial charge is 0.383 e. The van der Waals surface area contributed by atoms with Crippen molar-refractivity contribution in [3.05, 3.63) is 0 Å². The monoisotopic (exact) mass is 278 g/mol. The molecule has 6 nitrogen and oxygen atoms in total. The molecule has 0 saturated heterocycles. The molecular weight excluding hydrogens is 256 g/mol. The van der Waals surface area contributed by atoms with Crippen LogP contribution in [0.2, 0.25) is 0 Å². The van der Waals surface area contributed by atoms with Crippen LogP contribution >= 0.6 is 0 Å². The fourth-order valence-corrected chi connectivity index (χ4v) is 2.56. The van der Waals surface area contributed by atoms with E-state index in [4.69, 9.17) is 14.7 Å². The van der Waals surface area contributed by atoms with Crippen LogP contribution in [0.25, 0.3) is 0 Å². The van der Waals surface area contributed by atoms with Crippen LogP contribution in [0.4, 0.5) is 0 Å². The highest BCUT2D eigenvalue weighted by atomic mass is 32.2. The highest BCUT2D eigenvalue weighted by Gasteiger charge is 2.21. The second-order valence-electron chi connectivity index (χ2n) is 4.04. The number of sulfonamides is 1. The Morgan fingerprint density at radius 2 is 1.94 bits per heavy atom. The minimum absolute atomic E-state index is 0.00623. The first-order valence-electron chi connectivity index (χ1n) is 5.89. The zero-order valence-corrected chi connectivity index (χ0v) is 12.1. The predicted octanol–water partition coefficient (Wildman–Crippen LogP) is 0.603. The Balaban J connectivity index is 4.39. The molecule has 0 N–H and O–H groups in total.